The lowest BCUT2D eigenvalue weighted by Crippen LogP contribution is -2.44. The van der Waals surface area contributed by atoms with Gasteiger partial charge in [0.15, 0.2) is 0 Å². The zero-order chi connectivity index (χ0) is 20.3. The van der Waals surface area contributed by atoms with Crippen LogP contribution in [-0.4, -0.2) is 45.3 Å². The first-order valence-corrected chi connectivity index (χ1v) is 10.3. The molecule has 0 spiro atoms. The molecule has 0 N–H and O–H groups in total. The summed E-state index contributed by atoms with van der Waals surface area (Å²) in [7, 11) is 1.97. The number of carbonyl (C=O) groups is 2. The number of rotatable bonds is 8. The number of amides is 2. The third-order valence-electron chi connectivity index (χ3n) is 4.91. The Labute approximate surface area is 175 Å². The summed E-state index contributed by atoms with van der Waals surface area (Å²) in [6.07, 6.45) is 4.76. The second kappa shape index (κ2) is 9.01. The van der Waals surface area contributed by atoms with Crippen molar-refractivity contribution < 1.29 is 9.59 Å². The molecule has 5 nitrogen and oxygen atoms in total. The summed E-state index contributed by atoms with van der Waals surface area (Å²) in [4.78, 5) is 29.6. The highest BCUT2D eigenvalue weighted by molar-refractivity contribution is 6.35. The predicted molar refractivity (Wildman–Crippen MR) is 112 cm³/mol. The second-order valence-electron chi connectivity index (χ2n) is 7.25. The molecular formula is C21H25Cl2N3O2. The first kappa shape index (κ1) is 20.7. The van der Waals surface area contributed by atoms with Gasteiger partial charge in [0.25, 0.3) is 5.91 Å². The number of halogens is 2. The third kappa shape index (κ3) is 5.09. The predicted octanol–water partition coefficient (Wildman–Crippen LogP) is 4.38. The topological polar surface area (TPSA) is 45.6 Å². The standard InChI is InChI=1S/C21H25Cl2N3O2/c1-3-8-25(21(28)15-10-16(22)12-17(23)11-15)14-20(27)26(18-6-7-18)13-19-5-4-9-24(19)2/h4-5,9-12,18H,3,6-8,13-14H2,1-2H3. The molecule has 0 radical (unpaired) electrons. The average Bonchev–Trinajstić information content (AvgIpc) is 3.40. The summed E-state index contributed by atoms with van der Waals surface area (Å²) >= 11 is 12.1. The van der Waals surface area contributed by atoms with E-state index in [1.165, 1.54) is 0 Å². The molecule has 1 aromatic heterocycles. The van der Waals surface area contributed by atoms with Gasteiger partial charge in [0.05, 0.1) is 6.54 Å². The number of hydrogen-bond donors (Lipinski definition) is 0. The van der Waals surface area contributed by atoms with Crippen LogP contribution in [0, 0.1) is 0 Å². The number of aryl methyl sites for hydroxylation is 1. The summed E-state index contributed by atoms with van der Waals surface area (Å²) in [5.41, 5.74) is 1.48. The Hall–Kier alpha value is -1.98. The van der Waals surface area contributed by atoms with Crippen molar-refractivity contribution in [2.24, 2.45) is 7.05 Å². The third-order valence-corrected chi connectivity index (χ3v) is 5.34. The van der Waals surface area contributed by atoms with E-state index in [0.717, 1.165) is 25.0 Å². The fourth-order valence-electron chi connectivity index (χ4n) is 3.28. The number of hydrogen-bond acceptors (Lipinski definition) is 2. The molecule has 0 atom stereocenters. The fourth-order valence-corrected chi connectivity index (χ4v) is 3.80. The molecule has 3 rings (SSSR count). The van der Waals surface area contributed by atoms with Crippen molar-refractivity contribution in [3.05, 3.63) is 57.8 Å². The maximum atomic E-state index is 13.1. The molecule has 0 saturated heterocycles. The first-order valence-electron chi connectivity index (χ1n) is 9.54. The molecule has 28 heavy (non-hydrogen) atoms. The smallest absolute Gasteiger partial charge is 0.254 e. The van der Waals surface area contributed by atoms with E-state index < -0.39 is 0 Å². The summed E-state index contributed by atoms with van der Waals surface area (Å²) in [5.74, 6) is -0.257. The van der Waals surface area contributed by atoms with Gasteiger partial charge in [-0.25, -0.2) is 0 Å². The van der Waals surface area contributed by atoms with E-state index in [0.29, 0.717) is 28.7 Å². The maximum absolute atomic E-state index is 13.1. The zero-order valence-electron chi connectivity index (χ0n) is 16.2. The molecule has 1 heterocycles. The molecule has 0 aliphatic heterocycles. The van der Waals surface area contributed by atoms with Crippen molar-refractivity contribution >= 4 is 35.0 Å². The maximum Gasteiger partial charge on any atom is 0.254 e. The lowest BCUT2D eigenvalue weighted by atomic mass is 10.2. The quantitative estimate of drug-likeness (QED) is 0.634. The van der Waals surface area contributed by atoms with Crippen LogP contribution in [-0.2, 0) is 18.4 Å². The molecule has 1 aromatic carbocycles. The number of aromatic nitrogens is 1. The fraction of sp³-hybridized carbons (Fsp3) is 0.429. The largest absolute Gasteiger partial charge is 0.353 e. The van der Waals surface area contributed by atoms with Crippen LogP contribution in [0.3, 0.4) is 0 Å². The summed E-state index contributed by atoms with van der Waals surface area (Å²) in [6, 6.07) is 9.02. The van der Waals surface area contributed by atoms with Gasteiger partial charge < -0.3 is 14.4 Å². The van der Waals surface area contributed by atoms with E-state index in [4.69, 9.17) is 23.2 Å². The Morgan fingerprint density at radius 2 is 1.86 bits per heavy atom. The van der Waals surface area contributed by atoms with Crippen LogP contribution in [0.4, 0.5) is 0 Å². The van der Waals surface area contributed by atoms with Gasteiger partial charge in [-0.1, -0.05) is 30.1 Å². The molecule has 1 fully saturated rings. The minimum Gasteiger partial charge on any atom is -0.353 e. The van der Waals surface area contributed by atoms with E-state index >= 15 is 0 Å². The molecule has 1 aliphatic carbocycles. The Morgan fingerprint density at radius 1 is 1.18 bits per heavy atom. The highest BCUT2D eigenvalue weighted by Crippen LogP contribution is 2.29. The molecule has 1 saturated carbocycles. The summed E-state index contributed by atoms with van der Waals surface area (Å²) < 4.78 is 2.02. The Balaban J connectivity index is 1.75. The van der Waals surface area contributed by atoms with Crippen molar-refractivity contribution in [2.45, 2.75) is 38.8 Å². The molecular weight excluding hydrogens is 397 g/mol. The van der Waals surface area contributed by atoms with Gasteiger partial charge in [-0.05, 0) is 49.6 Å². The monoisotopic (exact) mass is 421 g/mol. The van der Waals surface area contributed by atoms with Gasteiger partial charge in [-0.15, -0.1) is 0 Å². The minimum atomic E-state index is -0.228. The van der Waals surface area contributed by atoms with Crippen molar-refractivity contribution in [1.82, 2.24) is 14.4 Å². The van der Waals surface area contributed by atoms with Crippen LogP contribution >= 0.6 is 23.2 Å². The average molecular weight is 422 g/mol. The van der Waals surface area contributed by atoms with Gasteiger partial charge in [0.1, 0.15) is 6.54 Å². The summed E-state index contributed by atoms with van der Waals surface area (Å²) in [5, 5.41) is 0.809. The van der Waals surface area contributed by atoms with E-state index in [9.17, 15) is 9.59 Å². The van der Waals surface area contributed by atoms with Gasteiger partial charge in [-0.3, -0.25) is 9.59 Å². The number of benzene rings is 1. The highest BCUT2D eigenvalue weighted by Gasteiger charge is 2.34. The molecule has 0 bridgehead atoms. The molecule has 0 unspecified atom stereocenters. The normalized spacial score (nSPS) is 13.4. The highest BCUT2D eigenvalue weighted by atomic mass is 35.5. The number of carbonyl (C=O) groups excluding carboxylic acids is 2. The SMILES string of the molecule is CCCN(CC(=O)N(Cc1cccn1C)C1CC1)C(=O)c1cc(Cl)cc(Cl)c1. The second-order valence-corrected chi connectivity index (χ2v) is 8.12. The van der Waals surface area contributed by atoms with Crippen LogP contribution < -0.4 is 0 Å². The lowest BCUT2D eigenvalue weighted by molar-refractivity contribution is -0.133. The van der Waals surface area contributed by atoms with Crippen molar-refractivity contribution in [1.29, 1.82) is 0 Å². The van der Waals surface area contributed by atoms with E-state index in [1.807, 2.05) is 41.8 Å². The van der Waals surface area contributed by atoms with Crippen LogP contribution in [0.25, 0.3) is 0 Å². The van der Waals surface area contributed by atoms with Crippen molar-refractivity contribution in [2.75, 3.05) is 13.1 Å². The molecule has 2 aromatic rings. The lowest BCUT2D eigenvalue weighted by Gasteiger charge is -2.28. The van der Waals surface area contributed by atoms with Gasteiger partial charge in [-0.2, -0.15) is 0 Å². The first-order chi connectivity index (χ1) is 13.4. The van der Waals surface area contributed by atoms with Crippen LogP contribution in [0.15, 0.2) is 36.5 Å². The van der Waals surface area contributed by atoms with Crippen molar-refractivity contribution in [3.8, 4) is 0 Å². The summed E-state index contributed by atoms with van der Waals surface area (Å²) in [6.45, 7) is 3.09. The van der Waals surface area contributed by atoms with Crippen LogP contribution in [0.1, 0.15) is 42.2 Å². The molecule has 7 heteroatoms. The zero-order valence-corrected chi connectivity index (χ0v) is 17.7. The number of nitrogens with zero attached hydrogens (tertiary/aromatic N) is 3. The van der Waals surface area contributed by atoms with Gasteiger partial charge in [0, 0.05) is 47.1 Å². The molecule has 150 valence electrons. The Morgan fingerprint density at radius 3 is 2.39 bits per heavy atom. The molecule has 2 amide bonds. The minimum absolute atomic E-state index is 0.0291. The Bertz CT molecular complexity index is 841. The van der Waals surface area contributed by atoms with E-state index in [-0.39, 0.29) is 24.4 Å². The van der Waals surface area contributed by atoms with Gasteiger partial charge in [0.2, 0.25) is 5.91 Å². The Kier molecular flexibility index (Phi) is 6.68. The molecule has 1 aliphatic rings. The van der Waals surface area contributed by atoms with E-state index in [1.54, 1.807) is 23.1 Å². The van der Waals surface area contributed by atoms with Gasteiger partial charge >= 0.3 is 0 Å². The van der Waals surface area contributed by atoms with Crippen molar-refractivity contribution in [3.63, 3.8) is 0 Å². The van der Waals surface area contributed by atoms with E-state index in [2.05, 4.69) is 0 Å². The van der Waals surface area contributed by atoms with Crippen LogP contribution in [0.5, 0.6) is 0 Å². The van der Waals surface area contributed by atoms with Crippen LogP contribution in [0.2, 0.25) is 10.0 Å².